The van der Waals surface area contributed by atoms with E-state index >= 15 is 0 Å². The number of halogens is 1. The Bertz CT molecular complexity index is 995. The third-order valence-corrected chi connectivity index (χ3v) is 4.70. The van der Waals surface area contributed by atoms with Crippen LogP contribution in [0.5, 0.6) is 11.5 Å². The van der Waals surface area contributed by atoms with E-state index in [1.807, 2.05) is 45.0 Å². The molecule has 0 fully saturated rings. The van der Waals surface area contributed by atoms with Gasteiger partial charge in [0.25, 0.3) is 5.91 Å². The number of methoxy groups -OCH3 is 1. The molecule has 0 radical (unpaired) electrons. The van der Waals surface area contributed by atoms with Gasteiger partial charge < -0.3 is 25.1 Å². The molecule has 0 unspecified atom stereocenters. The van der Waals surface area contributed by atoms with Crippen LogP contribution in [-0.2, 0) is 17.8 Å². The van der Waals surface area contributed by atoms with E-state index < -0.39 is 0 Å². The summed E-state index contributed by atoms with van der Waals surface area (Å²) < 4.78 is 11.3. The molecule has 0 saturated carbocycles. The van der Waals surface area contributed by atoms with E-state index in [9.17, 15) is 4.79 Å². The molecule has 6 nitrogen and oxygen atoms in total. The van der Waals surface area contributed by atoms with Gasteiger partial charge in [0.05, 0.1) is 7.11 Å². The molecule has 3 rings (SSSR count). The maximum absolute atomic E-state index is 12.1. The number of benzene rings is 2. The smallest absolute Gasteiger partial charge is 0.258 e. The molecule has 7 heteroatoms. The molecule has 31 heavy (non-hydrogen) atoms. The topological polar surface area (TPSA) is 75.4 Å². The van der Waals surface area contributed by atoms with Crippen LogP contribution in [0.4, 0.5) is 0 Å². The molecular formula is C24H32ClN3O3. The lowest BCUT2D eigenvalue weighted by Gasteiger charge is -2.21. The molecule has 0 aliphatic rings. The number of ether oxygens (including phenoxy) is 2. The Morgan fingerprint density at radius 1 is 1.06 bits per heavy atom. The van der Waals surface area contributed by atoms with Gasteiger partial charge in [0.1, 0.15) is 0 Å². The second-order valence-electron chi connectivity index (χ2n) is 8.32. The Kier molecular flexibility index (Phi) is 8.77. The zero-order valence-corrected chi connectivity index (χ0v) is 19.4. The number of hydrogen-bond acceptors (Lipinski definition) is 4. The highest BCUT2D eigenvalue weighted by molar-refractivity contribution is 5.85. The predicted octanol–water partition coefficient (Wildman–Crippen LogP) is 4.22. The SMILES string of the molecule is COc1cccc(CNCCc2c[nH]c3ccccc23)c1OCC(=O)NC(C)(C)C.Cl. The number of nitrogens with one attached hydrogen (secondary N) is 3. The minimum atomic E-state index is -0.298. The first-order valence-electron chi connectivity index (χ1n) is 10.2. The quantitative estimate of drug-likeness (QED) is 0.431. The van der Waals surface area contributed by atoms with Crippen molar-refractivity contribution in [3.05, 3.63) is 59.8 Å². The van der Waals surface area contributed by atoms with Crippen LogP contribution in [0.2, 0.25) is 0 Å². The number of para-hydroxylation sites is 2. The van der Waals surface area contributed by atoms with Gasteiger partial charge in [-0.25, -0.2) is 0 Å². The van der Waals surface area contributed by atoms with Gasteiger partial charge in [0, 0.05) is 34.7 Å². The van der Waals surface area contributed by atoms with E-state index in [0.717, 1.165) is 24.0 Å². The Morgan fingerprint density at radius 2 is 1.84 bits per heavy atom. The van der Waals surface area contributed by atoms with E-state index in [4.69, 9.17) is 9.47 Å². The molecule has 0 saturated heterocycles. The molecule has 0 aliphatic heterocycles. The monoisotopic (exact) mass is 445 g/mol. The van der Waals surface area contributed by atoms with E-state index in [1.54, 1.807) is 7.11 Å². The van der Waals surface area contributed by atoms with E-state index in [2.05, 4.69) is 40.0 Å². The summed E-state index contributed by atoms with van der Waals surface area (Å²) in [5, 5.41) is 7.64. The van der Waals surface area contributed by atoms with Crippen molar-refractivity contribution >= 4 is 29.2 Å². The normalized spacial score (nSPS) is 11.1. The number of carbonyl (C=O) groups is 1. The van der Waals surface area contributed by atoms with Crippen LogP contribution in [-0.4, -0.2) is 36.7 Å². The van der Waals surface area contributed by atoms with Crippen LogP contribution >= 0.6 is 12.4 Å². The summed E-state index contributed by atoms with van der Waals surface area (Å²) in [5.74, 6) is 1.06. The highest BCUT2D eigenvalue weighted by atomic mass is 35.5. The van der Waals surface area contributed by atoms with Crippen molar-refractivity contribution in [1.29, 1.82) is 0 Å². The molecule has 0 atom stereocenters. The number of fused-ring (bicyclic) bond motifs is 1. The Balaban J connectivity index is 0.00000341. The molecule has 1 aromatic heterocycles. The Hall–Kier alpha value is -2.70. The first kappa shape index (κ1) is 24.6. The third-order valence-electron chi connectivity index (χ3n) is 4.70. The van der Waals surface area contributed by atoms with Crippen molar-refractivity contribution in [3.63, 3.8) is 0 Å². The second-order valence-corrected chi connectivity index (χ2v) is 8.32. The van der Waals surface area contributed by atoms with Gasteiger partial charge in [-0.05, 0) is 51.4 Å². The van der Waals surface area contributed by atoms with Gasteiger partial charge in [-0.15, -0.1) is 12.4 Å². The van der Waals surface area contributed by atoms with Crippen molar-refractivity contribution < 1.29 is 14.3 Å². The first-order chi connectivity index (χ1) is 14.4. The standard InChI is InChI=1S/C24H31N3O3.ClH/c1-24(2,3)27-22(28)16-30-23-18(8-7-11-21(23)29-4)14-25-13-12-17-15-26-20-10-6-5-9-19(17)20;/h5-11,15,25-26H,12-14,16H2,1-4H3,(H,27,28);1H. The molecule has 0 bridgehead atoms. The molecule has 168 valence electrons. The summed E-state index contributed by atoms with van der Waals surface area (Å²) in [4.78, 5) is 15.5. The summed E-state index contributed by atoms with van der Waals surface area (Å²) in [6.07, 6.45) is 2.98. The Labute approximate surface area is 190 Å². The van der Waals surface area contributed by atoms with E-state index in [0.29, 0.717) is 18.0 Å². The number of aromatic nitrogens is 1. The molecule has 0 spiro atoms. The summed E-state index contributed by atoms with van der Waals surface area (Å²) in [6, 6.07) is 14.1. The number of aromatic amines is 1. The summed E-state index contributed by atoms with van der Waals surface area (Å²) >= 11 is 0. The summed E-state index contributed by atoms with van der Waals surface area (Å²) in [6.45, 7) is 7.21. The number of hydrogen-bond donors (Lipinski definition) is 3. The molecule has 1 amide bonds. The molecule has 2 aromatic carbocycles. The van der Waals surface area contributed by atoms with Crippen LogP contribution in [0.25, 0.3) is 10.9 Å². The fourth-order valence-corrected chi connectivity index (χ4v) is 3.40. The highest BCUT2D eigenvalue weighted by Crippen LogP contribution is 2.31. The largest absolute Gasteiger partial charge is 0.493 e. The van der Waals surface area contributed by atoms with E-state index in [-0.39, 0.29) is 30.5 Å². The molecule has 0 aliphatic carbocycles. The summed E-state index contributed by atoms with van der Waals surface area (Å²) in [7, 11) is 1.60. The average Bonchev–Trinajstić information content (AvgIpc) is 3.11. The van der Waals surface area contributed by atoms with Gasteiger partial charge in [-0.3, -0.25) is 4.79 Å². The number of H-pyrrole nitrogens is 1. The van der Waals surface area contributed by atoms with Gasteiger partial charge >= 0.3 is 0 Å². The maximum Gasteiger partial charge on any atom is 0.258 e. The van der Waals surface area contributed by atoms with Gasteiger partial charge in [-0.2, -0.15) is 0 Å². The maximum atomic E-state index is 12.1. The minimum Gasteiger partial charge on any atom is -0.493 e. The number of amides is 1. The van der Waals surface area contributed by atoms with Crippen LogP contribution < -0.4 is 20.1 Å². The molecule has 3 N–H and O–H groups in total. The van der Waals surface area contributed by atoms with Gasteiger partial charge in [-0.1, -0.05) is 30.3 Å². The van der Waals surface area contributed by atoms with Crippen molar-refractivity contribution in [3.8, 4) is 11.5 Å². The zero-order valence-electron chi connectivity index (χ0n) is 18.6. The van der Waals surface area contributed by atoms with Crippen LogP contribution in [0, 0.1) is 0 Å². The lowest BCUT2D eigenvalue weighted by Crippen LogP contribution is -2.43. The third kappa shape index (κ3) is 6.91. The van der Waals surface area contributed by atoms with Gasteiger partial charge in [0.15, 0.2) is 18.1 Å². The van der Waals surface area contributed by atoms with Crippen LogP contribution in [0.3, 0.4) is 0 Å². The average molecular weight is 446 g/mol. The molecule has 1 heterocycles. The predicted molar refractivity (Wildman–Crippen MR) is 127 cm³/mol. The van der Waals surface area contributed by atoms with Crippen molar-refractivity contribution in [2.45, 2.75) is 39.3 Å². The fraction of sp³-hybridized carbons (Fsp3) is 0.375. The summed E-state index contributed by atoms with van der Waals surface area (Å²) in [5.41, 5.74) is 3.11. The highest BCUT2D eigenvalue weighted by Gasteiger charge is 2.16. The second kappa shape index (κ2) is 11.1. The lowest BCUT2D eigenvalue weighted by molar-refractivity contribution is -0.124. The van der Waals surface area contributed by atoms with Crippen molar-refractivity contribution in [2.75, 3.05) is 20.3 Å². The van der Waals surface area contributed by atoms with E-state index in [1.165, 1.54) is 10.9 Å². The van der Waals surface area contributed by atoms with Crippen LogP contribution in [0.1, 0.15) is 31.9 Å². The van der Waals surface area contributed by atoms with Crippen LogP contribution in [0.15, 0.2) is 48.7 Å². The fourth-order valence-electron chi connectivity index (χ4n) is 3.40. The number of carbonyl (C=O) groups excluding carboxylic acids is 1. The number of rotatable bonds is 9. The van der Waals surface area contributed by atoms with Gasteiger partial charge in [0.2, 0.25) is 0 Å². The Morgan fingerprint density at radius 3 is 2.58 bits per heavy atom. The molecule has 3 aromatic rings. The van der Waals surface area contributed by atoms with Crippen molar-refractivity contribution in [2.24, 2.45) is 0 Å². The minimum absolute atomic E-state index is 0. The zero-order chi connectivity index (χ0) is 21.6. The first-order valence-corrected chi connectivity index (χ1v) is 10.2. The lowest BCUT2D eigenvalue weighted by atomic mass is 10.1. The van der Waals surface area contributed by atoms with Crippen molar-refractivity contribution in [1.82, 2.24) is 15.6 Å². The molecular weight excluding hydrogens is 414 g/mol.